The van der Waals surface area contributed by atoms with E-state index < -0.39 is 0 Å². The molecule has 0 saturated heterocycles. The fourth-order valence-electron chi connectivity index (χ4n) is 13.4. The summed E-state index contributed by atoms with van der Waals surface area (Å²) in [5.74, 6) is 0. The van der Waals surface area contributed by atoms with Gasteiger partial charge in [-0.3, -0.25) is 0 Å². The highest BCUT2D eigenvalue weighted by molar-refractivity contribution is 6.22. The van der Waals surface area contributed by atoms with Crippen molar-refractivity contribution in [3.63, 3.8) is 0 Å². The van der Waals surface area contributed by atoms with Gasteiger partial charge in [-0.15, -0.1) is 0 Å². The van der Waals surface area contributed by atoms with Gasteiger partial charge in [0.15, 0.2) is 0 Å². The molecule has 14 aromatic carbocycles. The fraction of sp³-hybridized carbons (Fsp3) is 0. The second kappa shape index (κ2) is 18.8. The Bertz CT molecular complexity index is 5200. The minimum atomic E-state index is 0.878. The molecule has 0 radical (unpaired) electrons. The molecule has 0 aliphatic rings. The third-order valence-corrected chi connectivity index (χ3v) is 17.2. The lowest BCUT2D eigenvalue weighted by molar-refractivity contribution is 0.670. The van der Waals surface area contributed by atoms with Gasteiger partial charge in [0.2, 0.25) is 0 Å². The first-order valence-electron chi connectivity index (χ1n) is 28.5. The quantitative estimate of drug-likeness (QED) is 0.142. The Morgan fingerprint density at radius 1 is 0.193 bits per heavy atom. The lowest BCUT2D eigenvalue weighted by Gasteiger charge is -2.19. The maximum absolute atomic E-state index is 7.03. The van der Waals surface area contributed by atoms with Gasteiger partial charge in [0, 0.05) is 60.3 Å². The van der Waals surface area contributed by atoms with Crippen LogP contribution in [0.2, 0.25) is 0 Å². The van der Waals surface area contributed by atoms with Crippen LogP contribution in [0.1, 0.15) is 0 Å². The third kappa shape index (κ3) is 7.45. The van der Waals surface area contributed by atoms with Crippen LogP contribution in [0, 0.1) is 0 Å². The number of hydrogen-bond acceptors (Lipinski definition) is 2. The molecule has 0 aliphatic carbocycles. The molecule has 0 spiro atoms. The Morgan fingerprint density at radius 3 is 0.976 bits per heavy atom. The third-order valence-electron chi connectivity index (χ3n) is 17.2. The van der Waals surface area contributed by atoms with Crippen molar-refractivity contribution >= 4 is 87.2 Å². The number of nitrogens with zero attached hydrogens (tertiary/aromatic N) is 1. The first-order chi connectivity index (χ1) is 41.2. The molecule has 3 heterocycles. The molecule has 3 heteroatoms. The van der Waals surface area contributed by atoms with E-state index in [1.807, 2.05) is 0 Å². The summed E-state index contributed by atoms with van der Waals surface area (Å²) in [6.45, 7) is 0. The van der Waals surface area contributed by atoms with E-state index >= 15 is 0 Å². The first-order valence-corrected chi connectivity index (χ1v) is 28.5. The lowest BCUT2D eigenvalue weighted by Crippen LogP contribution is -1.95. The van der Waals surface area contributed by atoms with Crippen LogP contribution >= 0.6 is 0 Å². The van der Waals surface area contributed by atoms with Crippen molar-refractivity contribution in [2.24, 2.45) is 0 Å². The van der Waals surface area contributed by atoms with E-state index in [-0.39, 0.29) is 0 Å². The van der Waals surface area contributed by atoms with Crippen molar-refractivity contribution in [1.29, 1.82) is 0 Å². The van der Waals surface area contributed by atoms with Gasteiger partial charge >= 0.3 is 0 Å². The summed E-state index contributed by atoms with van der Waals surface area (Å²) in [6.07, 6.45) is 0. The molecule has 0 atom stereocenters. The minimum absolute atomic E-state index is 0.878. The molecule has 0 aliphatic heterocycles. The summed E-state index contributed by atoms with van der Waals surface area (Å²) in [5, 5.41) is 11.6. The van der Waals surface area contributed by atoms with E-state index in [0.29, 0.717) is 0 Å². The lowest BCUT2D eigenvalue weighted by atomic mass is 9.85. The summed E-state index contributed by atoms with van der Waals surface area (Å²) in [6, 6.07) is 108. The van der Waals surface area contributed by atoms with Crippen molar-refractivity contribution < 1.29 is 8.83 Å². The number of hydrogen-bond donors (Lipinski definition) is 0. The monoisotopic (exact) mass is 1060 g/mol. The number of para-hydroxylation sites is 4. The molecule has 0 saturated carbocycles. The van der Waals surface area contributed by atoms with Gasteiger partial charge < -0.3 is 13.4 Å². The maximum Gasteiger partial charge on any atom is 0.143 e. The average Bonchev–Trinajstić information content (AvgIpc) is 4.05. The minimum Gasteiger partial charge on any atom is -0.455 e. The van der Waals surface area contributed by atoms with E-state index in [9.17, 15) is 0 Å². The van der Waals surface area contributed by atoms with Crippen molar-refractivity contribution in [3.8, 4) is 83.6 Å². The summed E-state index contributed by atoms with van der Waals surface area (Å²) in [4.78, 5) is 0. The van der Waals surface area contributed by atoms with Gasteiger partial charge in [-0.05, 0) is 120 Å². The van der Waals surface area contributed by atoms with Crippen LogP contribution in [-0.4, -0.2) is 4.57 Å². The molecular formula is C80H49NO2. The Labute approximate surface area is 478 Å². The summed E-state index contributed by atoms with van der Waals surface area (Å²) < 4.78 is 16.5. The topological polar surface area (TPSA) is 31.2 Å². The highest BCUT2D eigenvalue weighted by Crippen LogP contribution is 2.48. The van der Waals surface area contributed by atoms with Gasteiger partial charge in [-0.2, -0.15) is 0 Å². The molecule has 386 valence electrons. The standard InChI is InChI=1S/C80H49NO2/c1-5-20-50(21-6-1)59-32-16-36-66-68-38-18-34-61(79(68)82-77(59)66)56-41-44-73-70(48-56)71-49-57(62-35-19-39-69-67-37-17-33-60(78(67)83-80(62)69)51-22-7-2-8-23-51)42-45-74(71)81(73)58-29-15-28-54(46-58)55-40-43-65-72(47-55)76(53-26-11-4-12-27-53)64-31-14-13-30-63(64)75(65)52-24-9-3-10-25-52/h1-49H. The number of aromatic nitrogens is 1. The van der Waals surface area contributed by atoms with Gasteiger partial charge in [0.05, 0.1) is 11.0 Å². The summed E-state index contributed by atoms with van der Waals surface area (Å²) >= 11 is 0. The highest BCUT2D eigenvalue weighted by Gasteiger charge is 2.23. The molecule has 83 heavy (non-hydrogen) atoms. The number of fused-ring (bicyclic) bond motifs is 11. The summed E-state index contributed by atoms with van der Waals surface area (Å²) in [7, 11) is 0. The van der Waals surface area contributed by atoms with E-state index in [1.54, 1.807) is 0 Å². The normalized spacial score (nSPS) is 11.9. The maximum atomic E-state index is 7.03. The van der Waals surface area contributed by atoms with Crippen LogP contribution in [0.3, 0.4) is 0 Å². The van der Waals surface area contributed by atoms with Crippen molar-refractivity contribution in [2.75, 3.05) is 0 Å². The van der Waals surface area contributed by atoms with Crippen LogP contribution in [0.4, 0.5) is 0 Å². The van der Waals surface area contributed by atoms with E-state index in [1.165, 1.54) is 43.8 Å². The largest absolute Gasteiger partial charge is 0.455 e. The molecule has 0 bridgehead atoms. The molecular weight excluding hydrogens is 1010 g/mol. The number of benzene rings is 14. The van der Waals surface area contributed by atoms with Crippen LogP contribution in [0.15, 0.2) is 306 Å². The van der Waals surface area contributed by atoms with Gasteiger partial charge in [-0.25, -0.2) is 0 Å². The van der Waals surface area contributed by atoms with Gasteiger partial charge in [0.1, 0.15) is 22.3 Å². The Hall–Kier alpha value is -11.0. The number of rotatable bonds is 8. The average molecular weight is 1060 g/mol. The predicted molar refractivity (Wildman–Crippen MR) is 348 cm³/mol. The fourth-order valence-corrected chi connectivity index (χ4v) is 13.4. The second-order valence-electron chi connectivity index (χ2n) is 21.8. The molecule has 3 nitrogen and oxygen atoms in total. The Balaban J connectivity index is 0.873. The first kappa shape index (κ1) is 46.9. The Kier molecular flexibility index (Phi) is 10.6. The molecule has 17 aromatic rings. The second-order valence-corrected chi connectivity index (χ2v) is 21.8. The van der Waals surface area contributed by atoms with Crippen molar-refractivity contribution in [1.82, 2.24) is 4.57 Å². The van der Waals surface area contributed by atoms with Crippen LogP contribution in [-0.2, 0) is 0 Å². The highest BCUT2D eigenvalue weighted by atomic mass is 16.3. The molecule has 0 amide bonds. The molecule has 0 N–H and O–H groups in total. The zero-order valence-electron chi connectivity index (χ0n) is 45.1. The Morgan fingerprint density at radius 2 is 0.518 bits per heavy atom. The predicted octanol–water partition coefficient (Wildman–Crippen LogP) is 22.6. The smallest absolute Gasteiger partial charge is 0.143 e. The molecule has 0 unspecified atom stereocenters. The molecule has 17 rings (SSSR count). The van der Waals surface area contributed by atoms with Crippen molar-refractivity contribution in [3.05, 3.63) is 297 Å². The zero-order chi connectivity index (χ0) is 54.5. The molecule has 3 aromatic heterocycles. The van der Waals surface area contributed by atoms with Crippen LogP contribution in [0.5, 0.6) is 0 Å². The molecule has 0 fully saturated rings. The van der Waals surface area contributed by atoms with Crippen LogP contribution < -0.4 is 0 Å². The van der Waals surface area contributed by atoms with Crippen molar-refractivity contribution in [2.45, 2.75) is 0 Å². The van der Waals surface area contributed by atoms with Crippen LogP contribution in [0.25, 0.3) is 171 Å². The van der Waals surface area contributed by atoms with E-state index in [2.05, 4.69) is 302 Å². The SMILES string of the molecule is c1ccc(-c2c3ccccc3c(-c3ccccc3)c3cc(-c4cccc(-n5c6ccc(-c7cccc8c7oc7c(-c9ccccc9)cccc78)cc6c6cc(-c7cccc8c7oc7c(-c9ccccc9)cccc78)ccc65)c4)ccc23)cc1. The van der Waals surface area contributed by atoms with E-state index in [4.69, 9.17) is 8.83 Å². The summed E-state index contributed by atoms with van der Waals surface area (Å²) in [5.41, 5.74) is 22.7. The zero-order valence-corrected chi connectivity index (χ0v) is 45.1. The van der Waals surface area contributed by atoms with E-state index in [0.717, 1.165) is 127 Å². The number of furan rings is 2. The van der Waals surface area contributed by atoms with Gasteiger partial charge in [0.25, 0.3) is 0 Å². The van der Waals surface area contributed by atoms with Gasteiger partial charge in [-0.1, -0.05) is 255 Å².